The summed E-state index contributed by atoms with van der Waals surface area (Å²) in [5.41, 5.74) is 3.06. The zero-order valence-corrected chi connectivity index (χ0v) is 17.2. The molecule has 1 aromatic heterocycles. The highest BCUT2D eigenvalue weighted by Gasteiger charge is 2.63. The molecule has 29 heavy (non-hydrogen) atoms. The van der Waals surface area contributed by atoms with Gasteiger partial charge in [-0.15, -0.1) is 0 Å². The van der Waals surface area contributed by atoms with Crippen LogP contribution in [0.25, 0.3) is 11.1 Å². The minimum absolute atomic E-state index is 0.137. The van der Waals surface area contributed by atoms with E-state index in [1.54, 1.807) is 10.4 Å². The number of sulfonamides is 1. The van der Waals surface area contributed by atoms with Gasteiger partial charge in [0.05, 0.1) is 11.2 Å². The summed E-state index contributed by atoms with van der Waals surface area (Å²) in [4.78, 5) is 5.00. The third-order valence-corrected chi connectivity index (χ3v) is 8.83. The minimum atomic E-state index is -3.56. The molecule has 0 saturated carbocycles. The maximum absolute atomic E-state index is 13.5. The van der Waals surface area contributed by atoms with Gasteiger partial charge >= 0.3 is 0 Å². The van der Waals surface area contributed by atoms with Gasteiger partial charge in [-0.2, -0.15) is 4.31 Å². The fraction of sp³-hybridized carbons (Fsp3) is 0.476. The Labute approximate surface area is 170 Å². The van der Waals surface area contributed by atoms with E-state index in [0.717, 1.165) is 42.0 Å². The summed E-state index contributed by atoms with van der Waals surface area (Å²) in [5, 5.41) is 6.85. The lowest BCUT2D eigenvalue weighted by Crippen LogP contribution is -2.60. The Balaban J connectivity index is 1.43. The van der Waals surface area contributed by atoms with Crippen LogP contribution in [0.2, 0.25) is 0 Å². The van der Waals surface area contributed by atoms with Crippen molar-refractivity contribution in [3.8, 4) is 16.9 Å². The molecule has 2 aromatic rings. The lowest BCUT2D eigenvalue weighted by molar-refractivity contribution is 0.206. The average molecular weight is 413 g/mol. The highest BCUT2D eigenvalue weighted by molar-refractivity contribution is 7.89. The smallest absolute Gasteiger partial charge is 0.245 e. The van der Waals surface area contributed by atoms with Gasteiger partial charge in [0.2, 0.25) is 10.0 Å². The second-order valence-electron chi connectivity index (χ2n) is 9.02. The molecular formula is C21H24N4O3S. The molecule has 0 aliphatic carbocycles. The van der Waals surface area contributed by atoms with Crippen LogP contribution in [0, 0.1) is 0 Å². The zero-order chi connectivity index (χ0) is 19.9. The normalized spacial score (nSPS) is 32.0. The maximum Gasteiger partial charge on any atom is 0.245 e. The Morgan fingerprint density at radius 3 is 3.00 bits per heavy atom. The number of fused-ring (bicyclic) bond motifs is 3. The summed E-state index contributed by atoms with van der Waals surface area (Å²) < 4.78 is 34.5. The fourth-order valence-corrected chi connectivity index (χ4v) is 7.56. The third-order valence-electron chi connectivity index (χ3n) is 6.83. The molecule has 0 radical (unpaired) electrons. The molecule has 2 saturated heterocycles. The molecule has 2 atom stereocenters. The molecule has 2 bridgehead atoms. The van der Waals surface area contributed by atoms with Crippen LogP contribution < -0.4 is 15.4 Å². The van der Waals surface area contributed by atoms with E-state index in [-0.39, 0.29) is 11.1 Å². The molecule has 152 valence electrons. The number of benzene rings is 1. The first kappa shape index (κ1) is 17.8. The Hall–Kier alpha value is -2.00. The SMILES string of the molecule is CC12CN3C(CN1)(Cc1ncc(-c4ccc5c(c4)CNCCO5)cc1S3(=O)=O)C2. The maximum atomic E-state index is 13.5. The van der Waals surface area contributed by atoms with Gasteiger partial charge in [-0.1, -0.05) is 6.07 Å². The van der Waals surface area contributed by atoms with E-state index in [1.165, 1.54) is 0 Å². The standard InChI is InChI=1S/C21H24N4O3S/c1-20-11-21(12-24-20)8-17-19(29(26,27)25(21)13-20)7-15(10-23-17)14-2-3-18-16(6-14)9-22-4-5-28-18/h2-3,6-7,10,22,24H,4-5,8-9,11-13H2,1H3. The number of nitrogens with zero attached hydrogens (tertiary/aromatic N) is 2. The molecule has 4 aliphatic rings. The zero-order valence-electron chi connectivity index (χ0n) is 16.4. The average Bonchev–Trinajstić information content (AvgIpc) is 3.07. The lowest BCUT2D eigenvalue weighted by Gasteiger charge is -2.42. The summed E-state index contributed by atoms with van der Waals surface area (Å²) >= 11 is 0. The molecular weight excluding hydrogens is 388 g/mol. The number of rotatable bonds is 1. The fourth-order valence-electron chi connectivity index (χ4n) is 5.47. The number of hydrogen-bond donors (Lipinski definition) is 2. The van der Waals surface area contributed by atoms with E-state index in [2.05, 4.69) is 28.6 Å². The van der Waals surface area contributed by atoms with Crippen molar-refractivity contribution in [1.29, 1.82) is 0 Å². The number of piperazine rings is 1. The number of aromatic nitrogens is 1. The molecule has 2 N–H and O–H groups in total. The van der Waals surface area contributed by atoms with Crippen molar-refractivity contribution >= 4 is 10.0 Å². The number of ether oxygens (including phenoxy) is 1. The number of hydrogen-bond acceptors (Lipinski definition) is 6. The third kappa shape index (κ3) is 2.53. The molecule has 1 spiro atoms. The quantitative estimate of drug-likeness (QED) is 0.734. The van der Waals surface area contributed by atoms with Crippen molar-refractivity contribution in [3.63, 3.8) is 0 Å². The molecule has 2 unspecified atom stereocenters. The molecule has 8 heteroatoms. The Kier molecular flexibility index (Phi) is 3.56. The van der Waals surface area contributed by atoms with Crippen molar-refractivity contribution < 1.29 is 13.2 Å². The van der Waals surface area contributed by atoms with Crippen LogP contribution in [0.1, 0.15) is 24.6 Å². The molecule has 7 nitrogen and oxygen atoms in total. The van der Waals surface area contributed by atoms with Crippen LogP contribution in [0.3, 0.4) is 0 Å². The molecule has 1 aromatic carbocycles. The van der Waals surface area contributed by atoms with Gasteiger partial charge in [0.1, 0.15) is 17.3 Å². The number of pyridine rings is 1. The van der Waals surface area contributed by atoms with Crippen LogP contribution >= 0.6 is 0 Å². The predicted octanol–water partition coefficient (Wildman–Crippen LogP) is 1.28. The van der Waals surface area contributed by atoms with E-state index < -0.39 is 10.0 Å². The van der Waals surface area contributed by atoms with E-state index in [0.29, 0.717) is 36.7 Å². The van der Waals surface area contributed by atoms with Gasteiger partial charge in [0.15, 0.2) is 0 Å². The van der Waals surface area contributed by atoms with Crippen LogP contribution in [0.5, 0.6) is 5.75 Å². The molecule has 6 rings (SSSR count). The Morgan fingerprint density at radius 1 is 1.24 bits per heavy atom. The summed E-state index contributed by atoms with van der Waals surface area (Å²) in [6, 6.07) is 7.82. The van der Waals surface area contributed by atoms with Crippen molar-refractivity contribution in [1.82, 2.24) is 19.9 Å². The summed E-state index contributed by atoms with van der Waals surface area (Å²) in [7, 11) is -3.56. The second kappa shape index (κ2) is 5.78. The van der Waals surface area contributed by atoms with Crippen molar-refractivity contribution in [3.05, 3.63) is 41.7 Å². The van der Waals surface area contributed by atoms with E-state index >= 15 is 0 Å². The van der Waals surface area contributed by atoms with Crippen molar-refractivity contribution in [2.45, 2.75) is 42.3 Å². The van der Waals surface area contributed by atoms with Crippen LogP contribution in [0.4, 0.5) is 0 Å². The van der Waals surface area contributed by atoms with Gasteiger partial charge in [0.25, 0.3) is 0 Å². The van der Waals surface area contributed by atoms with E-state index in [9.17, 15) is 8.42 Å². The van der Waals surface area contributed by atoms with Gasteiger partial charge in [-0.3, -0.25) is 4.98 Å². The highest BCUT2D eigenvalue weighted by atomic mass is 32.2. The minimum Gasteiger partial charge on any atom is -0.492 e. The Bertz CT molecular complexity index is 1130. The van der Waals surface area contributed by atoms with E-state index in [4.69, 9.17) is 4.74 Å². The molecule has 5 heterocycles. The first-order chi connectivity index (χ1) is 13.9. The van der Waals surface area contributed by atoms with Gasteiger partial charge in [-0.05, 0) is 37.1 Å². The van der Waals surface area contributed by atoms with Gasteiger partial charge < -0.3 is 15.4 Å². The van der Waals surface area contributed by atoms with Gasteiger partial charge in [-0.25, -0.2) is 8.42 Å². The van der Waals surface area contributed by atoms with Crippen LogP contribution in [-0.4, -0.2) is 55.0 Å². The summed E-state index contributed by atoms with van der Waals surface area (Å²) in [6.07, 6.45) is 3.33. The largest absolute Gasteiger partial charge is 0.492 e. The Morgan fingerprint density at radius 2 is 2.14 bits per heavy atom. The lowest BCUT2D eigenvalue weighted by atomic mass is 9.90. The highest BCUT2D eigenvalue weighted by Crippen LogP contribution is 2.49. The topological polar surface area (TPSA) is 83.6 Å². The first-order valence-corrected chi connectivity index (χ1v) is 11.6. The second-order valence-corrected chi connectivity index (χ2v) is 10.9. The predicted molar refractivity (Wildman–Crippen MR) is 108 cm³/mol. The van der Waals surface area contributed by atoms with Crippen LogP contribution in [-0.2, 0) is 23.0 Å². The summed E-state index contributed by atoms with van der Waals surface area (Å²) in [6.45, 7) is 5.54. The number of nitrogens with one attached hydrogen (secondary N) is 2. The molecule has 2 fully saturated rings. The van der Waals surface area contributed by atoms with Gasteiger partial charge in [0, 0.05) is 55.5 Å². The van der Waals surface area contributed by atoms with E-state index in [1.807, 2.05) is 18.3 Å². The van der Waals surface area contributed by atoms with Crippen LogP contribution in [0.15, 0.2) is 35.4 Å². The monoisotopic (exact) mass is 412 g/mol. The van der Waals surface area contributed by atoms with Crippen molar-refractivity contribution in [2.75, 3.05) is 26.2 Å². The summed E-state index contributed by atoms with van der Waals surface area (Å²) in [5.74, 6) is 0.882. The molecule has 0 amide bonds. The first-order valence-electron chi connectivity index (χ1n) is 10.1. The van der Waals surface area contributed by atoms with Crippen molar-refractivity contribution in [2.24, 2.45) is 0 Å². The molecule has 4 aliphatic heterocycles.